The minimum Gasteiger partial charge on any atom is -0.495 e. The third kappa shape index (κ3) is 4.37. The summed E-state index contributed by atoms with van der Waals surface area (Å²) in [7, 11) is -2.33. The monoisotopic (exact) mass is 385 g/mol. The highest BCUT2D eigenvalue weighted by atomic mass is 32.2. The Labute approximate surface area is 159 Å². The number of benzene rings is 2. The number of aryl methyl sites for hydroxylation is 2. The highest BCUT2D eigenvalue weighted by Gasteiger charge is 2.25. The fourth-order valence-corrected chi connectivity index (χ4v) is 4.34. The zero-order valence-electron chi connectivity index (χ0n) is 15.6. The summed E-state index contributed by atoms with van der Waals surface area (Å²) in [6, 6.07) is 12.4. The van der Waals surface area contributed by atoms with Gasteiger partial charge in [0.2, 0.25) is 10.0 Å². The number of hydrogen-bond donors (Lipinski definition) is 1. The van der Waals surface area contributed by atoms with Crippen molar-refractivity contribution in [1.29, 1.82) is 0 Å². The second-order valence-electron chi connectivity index (χ2n) is 6.43. The summed E-state index contributed by atoms with van der Waals surface area (Å²) >= 11 is 0. The van der Waals surface area contributed by atoms with E-state index in [2.05, 4.69) is 9.71 Å². The highest BCUT2D eigenvalue weighted by Crippen LogP contribution is 2.29. The summed E-state index contributed by atoms with van der Waals surface area (Å²) in [5.41, 5.74) is 2.74. The Kier molecular flexibility index (Phi) is 5.62. The van der Waals surface area contributed by atoms with E-state index in [9.17, 15) is 8.42 Å². The molecular weight excluding hydrogens is 362 g/mol. The molecule has 1 aromatic heterocycles. The van der Waals surface area contributed by atoms with E-state index in [0.717, 1.165) is 16.7 Å². The van der Waals surface area contributed by atoms with Crippen LogP contribution in [0.3, 0.4) is 0 Å². The minimum atomic E-state index is -3.80. The minimum absolute atomic E-state index is 0.139. The maximum absolute atomic E-state index is 13.2. The number of nitrogens with zero attached hydrogens (tertiary/aromatic N) is 2. The predicted molar refractivity (Wildman–Crippen MR) is 104 cm³/mol. The van der Waals surface area contributed by atoms with E-state index < -0.39 is 16.1 Å². The van der Waals surface area contributed by atoms with Crippen LogP contribution >= 0.6 is 0 Å². The number of ether oxygens (including phenoxy) is 1. The molecule has 6 nitrogen and oxygen atoms in total. The number of hydrogen-bond acceptors (Lipinski definition) is 4. The second-order valence-corrected chi connectivity index (χ2v) is 8.11. The molecule has 0 saturated heterocycles. The third-order valence-corrected chi connectivity index (χ3v) is 6.01. The predicted octanol–water partition coefficient (Wildman–Crippen LogP) is 3.23. The van der Waals surface area contributed by atoms with Crippen molar-refractivity contribution in [3.05, 3.63) is 77.9 Å². The summed E-state index contributed by atoms with van der Waals surface area (Å²) in [6.07, 6.45) is 5.14. The average Bonchev–Trinajstić information content (AvgIpc) is 3.16. The van der Waals surface area contributed by atoms with Gasteiger partial charge in [0.1, 0.15) is 10.6 Å². The van der Waals surface area contributed by atoms with Crippen LogP contribution in [0.25, 0.3) is 0 Å². The van der Waals surface area contributed by atoms with Gasteiger partial charge in [-0.3, -0.25) is 0 Å². The van der Waals surface area contributed by atoms with Crippen LogP contribution in [-0.2, 0) is 16.6 Å². The summed E-state index contributed by atoms with van der Waals surface area (Å²) in [6.45, 7) is 4.23. The summed E-state index contributed by atoms with van der Waals surface area (Å²) < 4.78 is 36.3. The first-order valence-electron chi connectivity index (χ1n) is 8.59. The molecule has 1 atom stereocenters. The van der Waals surface area contributed by atoms with Crippen molar-refractivity contribution in [3.63, 3.8) is 0 Å². The van der Waals surface area contributed by atoms with Crippen molar-refractivity contribution in [2.45, 2.75) is 31.3 Å². The molecule has 0 amide bonds. The van der Waals surface area contributed by atoms with Crippen LogP contribution in [-0.4, -0.2) is 25.1 Å². The number of imidazole rings is 1. The average molecular weight is 385 g/mol. The van der Waals surface area contributed by atoms with Gasteiger partial charge in [-0.05, 0) is 42.7 Å². The lowest BCUT2D eigenvalue weighted by Gasteiger charge is -2.21. The summed E-state index contributed by atoms with van der Waals surface area (Å²) in [5, 5.41) is 0. The van der Waals surface area contributed by atoms with E-state index >= 15 is 0 Å². The zero-order valence-corrected chi connectivity index (χ0v) is 16.4. The molecule has 0 radical (unpaired) electrons. The molecule has 0 aliphatic carbocycles. The van der Waals surface area contributed by atoms with Gasteiger partial charge in [-0.15, -0.1) is 0 Å². The van der Waals surface area contributed by atoms with Crippen molar-refractivity contribution in [3.8, 4) is 5.75 Å². The number of aromatic nitrogens is 2. The quantitative estimate of drug-likeness (QED) is 0.678. The van der Waals surface area contributed by atoms with Crippen molar-refractivity contribution in [2.75, 3.05) is 7.11 Å². The van der Waals surface area contributed by atoms with Crippen LogP contribution in [0.5, 0.6) is 5.75 Å². The summed E-state index contributed by atoms with van der Waals surface area (Å²) in [5.74, 6) is 0.333. The normalized spacial score (nSPS) is 12.7. The van der Waals surface area contributed by atoms with Gasteiger partial charge in [0.15, 0.2) is 0 Å². The number of rotatable bonds is 7. The van der Waals surface area contributed by atoms with Gasteiger partial charge in [-0.1, -0.05) is 30.3 Å². The topological polar surface area (TPSA) is 73.2 Å². The van der Waals surface area contributed by atoms with Gasteiger partial charge in [0.05, 0.1) is 19.5 Å². The van der Waals surface area contributed by atoms with E-state index in [0.29, 0.717) is 12.3 Å². The first-order valence-corrected chi connectivity index (χ1v) is 10.1. The number of sulfonamides is 1. The molecule has 0 saturated carbocycles. The Morgan fingerprint density at radius 1 is 1.15 bits per heavy atom. The Hall–Kier alpha value is -2.64. The molecule has 1 N–H and O–H groups in total. The second kappa shape index (κ2) is 7.94. The molecule has 0 fully saturated rings. The maximum Gasteiger partial charge on any atom is 0.244 e. The van der Waals surface area contributed by atoms with Gasteiger partial charge in [-0.25, -0.2) is 18.1 Å². The van der Waals surface area contributed by atoms with Crippen LogP contribution in [0.1, 0.15) is 22.7 Å². The van der Waals surface area contributed by atoms with E-state index in [1.807, 2.05) is 48.7 Å². The number of nitrogens with one attached hydrogen (secondary N) is 1. The zero-order chi connectivity index (χ0) is 19.4. The molecule has 3 aromatic rings. The summed E-state index contributed by atoms with van der Waals surface area (Å²) in [4.78, 5) is 4.18. The number of methoxy groups -OCH3 is 1. The largest absolute Gasteiger partial charge is 0.495 e. The first kappa shape index (κ1) is 19.1. The van der Waals surface area contributed by atoms with Crippen LogP contribution < -0.4 is 9.46 Å². The third-order valence-electron chi connectivity index (χ3n) is 4.52. The smallest absolute Gasteiger partial charge is 0.244 e. The Morgan fingerprint density at radius 2 is 1.85 bits per heavy atom. The van der Waals surface area contributed by atoms with E-state index in [1.165, 1.54) is 7.11 Å². The maximum atomic E-state index is 13.2. The SMILES string of the molecule is COc1cc(C)c(C)cc1S(=O)(=O)NC(Cn1ccnc1)c1ccccc1. The van der Waals surface area contributed by atoms with E-state index in [1.54, 1.807) is 30.9 Å². The first-order chi connectivity index (χ1) is 12.9. The van der Waals surface area contributed by atoms with Crippen LogP contribution in [0.15, 0.2) is 66.1 Å². The Bertz CT molecular complexity index is 1000. The van der Waals surface area contributed by atoms with Crippen LogP contribution in [0.2, 0.25) is 0 Å². The van der Waals surface area contributed by atoms with Crippen molar-refractivity contribution >= 4 is 10.0 Å². The van der Waals surface area contributed by atoms with Crippen LogP contribution in [0, 0.1) is 13.8 Å². The van der Waals surface area contributed by atoms with E-state index in [-0.39, 0.29) is 4.90 Å². The van der Waals surface area contributed by atoms with Gasteiger partial charge >= 0.3 is 0 Å². The molecule has 1 heterocycles. The molecule has 7 heteroatoms. The van der Waals surface area contributed by atoms with Crippen molar-refractivity contribution in [2.24, 2.45) is 0 Å². The van der Waals surface area contributed by atoms with Gasteiger partial charge in [0, 0.05) is 18.9 Å². The molecule has 0 spiro atoms. The molecule has 2 aromatic carbocycles. The fourth-order valence-electron chi connectivity index (χ4n) is 2.89. The molecule has 27 heavy (non-hydrogen) atoms. The Balaban J connectivity index is 1.98. The highest BCUT2D eigenvalue weighted by molar-refractivity contribution is 7.89. The lowest BCUT2D eigenvalue weighted by molar-refractivity contribution is 0.401. The molecular formula is C20H23N3O3S. The lowest BCUT2D eigenvalue weighted by Crippen LogP contribution is -2.31. The van der Waals surface area contributed by atoms with E-state index in [4.69, 9.17) is 4.74 Å². The molecule has 142 valence electrons. The van der Waals surface area contributed by atoms with Gasteiger partial charge in [-0.2, -0.15) is 0 Å². The van der Waals surface area contributed by atoms with Crippen molar-refractivity contribution < 1.29 is 13.2 Å². The van der Waals surface area contributed by atoms with Crippen LogP contribution in [0.4, 0.5) is 0 Å². The van der Waals surface area contributed by atoms with Gasteiger partial charge < -0.3 is 9.30 Å². The van der Waals surface area contributed by atoms with Gasteiger partial charge in [0.25, 0.3) is 0 Å². The lowest BCUT2D eigenvalue weighted by atomic mass is 10.1. The molecule has 0 aliphatic rings. The molecule has 0 bridgehead atoms. The molecule has 1 unspecified atom stereocenters. The standard InChI is InChI=1S/C20H23N3O3S/c1-15-11-19(26-3)20(12-16(15)2)27(24,25)22-18(13-23-10-9-21-14-23)17-7-5-4-6-8-17/h4-12,14,18,22H,13H2,1-3H3. The molecule has 3 rings (SSSR count). The van der Waals surface area contributed by atoms with Crippen molar-refractivity contribution in [1.82, 2.24) is 14.3 Å². The molecule has 0 aliphatic heterocycles. The fraction of sp³-hybridized carbons (Fsp3) is 0.250. The Morgan fingerprint density at radius 3 is 2.48 bits per heavy atom.